The molecule has 0 atom stereocenters. The molecule has 6 heteroatoms. The summed E-state index contributed by atoms with van der Waals surface area (Å²) in [5.41, 5.74) is 2.44. The summed E-state index contributed by atoms with van der Waals surface area (Å²) in [6.07, 6.45) is 2.79. The monoisotopic (exact) mass is 348 g/mol. The van der Waals surface area contributed by atoms with Crippen LogP contribution in [0, 0.1) is 0 Å². The molecule has 0 unspecified atom stereocenters. The van der Waals surface area contributed by atoms with Gasteiger partial charge in [0.25, 0.3) is 0 Å². The zero-order valence-electron chi connectivity index (χ0n) is 15.7. The molecule has 2 rings (SSSR count). The van der Waals surface area contributed by atoms with Gasteiger partial charge in [-0.25, -0.2) is 4.79 Å². The van der Waals surface area contributed by atoms with Crippen LogP contribution >= 0.6 is 0 Å². The van der Waals surface area contributed by atoms with Crippen LogP contribution in [0.15, 0.2) is 24.3 Å². The number of hydrogen-bond acceptors (Lipinski definition) is 4. The molecule has 6 nitrogen and oxygen atoms in total. The van der Waals surface area contributed by atoms with Gasteiger partial charge in [0.2, 0.25) is 0 Å². The topological polar surface area (TPSA) is 59.1 Å². The lowest BCUT2D eigenvalue weighted by molar-refractivity contribution is 0.172. The summed E-state index contributed by atoms with van der Waals surface area (Å²) < 4.78 is 0. The van der Waals surface area contributed by atoms with E-state index in [0.717, 1.165) is 32.4 Å². The molecule has 0 spiro atoms. The molecule has 0 aromatic heterocycles. The van der Waals surface area contributed by atoms with Crippen LogP contribution in [0.2, 0.25) is 0 Å². The van der Waals surface area contributed by atoms with E-state index in [-0.39, 0.29) is 18.7 Å². The maximum atomic E-state index is 12.3. The number of hydrogen-bond donors (Lipinski definition) is 2. The number of anilines is 2. The average molecular weight is 348 g/mol. The van der Waals surface area contributed by atoms with Crippen molar-refractivity contribution in [3.63, 3.8) is 0 Å². The molecule has 25 heavy (non-hydrogen) atoms. The van der Waals surface area contributed by atoms with Crippen LogP contribution in [0.3, 0.4) is 0 Å². The fourth-order valence-corrected chi connectivity index (χ4v) is 3.22. The SMILES string of the molecule is CCCN(CCO)C(=O)NC1CCN(c2ccc(N(C)C)cc2)CC1. The predicted octanol–water partition coefficient (Wildman–Crippen LogP) is 2.14. The quantitative estimate of drug-likeness (QED) is 0.793. The molecule has 0 radical (unpaired) electrons. The van der Waals surface area contributed by atoms with E-state index in [4.69, 9.17) is 5.11 Å². The number of benzene rings is 1. The van der Waals surface area contributed by atoms with E-state index in [1.165, 1.54) is 11.4 Å². The third-order valence-corrected chi connectivity index (χ3v) is 4.70. The zero-order valence-corrected chi connectivity index (χ0v) is 15.7. The third-order valence-electron chi connectivity index (χ3n) is 4.70. The van der Waals surface area contributed by atoms with E-state index in [0.29, 0.717) is 13.1 Å². The molecular formula is C19H32N4O2. The molecular weight excluding hydrogens is 316 g/mol. The highest BCUT2D eigenvalue weighted by Gasteiger charge is 2.22. The van der Waals surface area contributed by atoms with Gasteiger partial charge < -0.3 is 25.1 Å². The largest absolute Gasteiger partial charge is 0.395 e. The second-order valence-electron chi connectivity index (χ2n) is 6.83. The molecule has 140 valence electrons. The highest BCUT2D eigenvalue weighted by atomic mass is 16.3. The number of rotatable bonds is 7. The average Bonchev–Trinajstić information content (AvgIpc) is 2.62. The summed E-state index contributed by atoms with van der Waals surface area (Å²) in [7, 11) is 4.09. The number of nitrogens with zero attached hydrogens (tertiary/aromatic N) is 3. The van der Waals surface area contributed by atoms with Crippen molar-refractivity contribution < 1.29 is 9.90 Å². The first-order valence-electron chi connectivity index (χ1n) is 9.23. The Balaban J connectivity index is 1.83. The van der Waals surface area contributed by atoms with Gasteiger partial charge in [-0.15, -0.1) is 0 Å². The Kier molecular flexibility index (Phi) is 7.37. The maximum Gasteiger partial charge on any atom is 0.317 e. The molecule has 1 aromatic carbocycles. The van der Waals surface area contributed by atoms with E-state index >= 15 is 0 Å². The summed E-state index contributed by atoms with van der Waals surface area (Å²) >= 11 is 0. The van der Waals surface area contributed by atoms with Crippen LogP contribution in [-0.2, 0) is 0 Å². The number of nitrogens with one attached hydrogen (secondary N) is 1. The first-order valence-corrected chi connectivity index (χ1v) is 9.23. The minimum Gasteiger partial charge on any atom is -0.395 e. The van der Waals surface area contributed by atoms with Gasteiger partial charge in [-0.3, -0.25) is 0 Å². The fourth-order valence-electron chi connectivity index (χ4n) is 3.22. The van der Waals surface area contributed by atoms with E-state index in [1.807, 2.05) is 21.0 Å². The first-order chi connectivity index (χ1) is 12.0. The van der Waals surface area contributed by atoms with Crippen LogP contribution in [0.5, 0.6) is 0 Å². The molecule has 1 saturated heterocycles. The number of piperidine rings is 1. The van der Waals surface area contributed by atoms with Gasteiger partial charge in [-0.05, 0) is 43.5 Å². The van der Waals surface area contributed by atoms with Gasteiger partial charge in [-0.1, -0.05) is 6.92 Å². The van der Waals surface area contributed by atoms with Gasteiger partial charge >= 0.3 is 6.03 Å². The van der Waals surface area contributed by atoms with Crippen molar-refractivity contribution in [2.24, 2.45) is 0 Å². The maximum absolute atomic E-state index is 12.3. The van der Waals surface area contributed by atoms with Gasteiger partial charge in [0.05, 0.1) is 6.61 Å². The highest BCUT2D eigenvalue weighted by Crippen LogP contribution is 2.23. The molecule has 0 aliphatic carbocycles. The summed E-state index contributed by atoms with van der Waals surface area (Å²) in [6.45, 7) is 5.02. The lowest BCUT2D eigenvalue weighted by atomic mass is 10.0. The Hall–Kier alpha value is -1.95. The number of carbonyl (C=O) groups is 1. The van der Waals surface area contributed by atoms with Crippen LogP contribution in [0.4, 0.5) is 16.2 Å². The molecule has 1 fully saturated rings. The van der Waals surface area contributed by atoms with E-state index in [1.54, 1.807) is 4.90 Å². The lowest BCUT2D eigenvalue weighted by Gasteiger charge is -2.35. The molecule has 2 amide bonds. The van der Waals surface area contributed by atoms with Crippen LogP contribution in [0.1, 0.15) is 26.2 Å². The summed E-state index contributed by atoms with van der Waals surface area (Å²) in [6, 6.07) is 8.77. The number of carbonyl (C=O) groups excluding carboxylic acids is 1. The van der Waals surface area contributed by atoms with Crippen molar-refractivity contribution in [1.82, 2.24) is 10.2 Å². The smallest absolute Gasteiger partial charge is 0.317 e. The second-order valence-corrected chi connectivity index (χ2v) is 6.83. The summed E-state index contributed by atoms with van der Waals surface area (Å²) in [4.78, 5) is 18.5. The number of urea groups is 1. The van der Waals surface area contributed by atoms with Crippen molar-refractivity contribution >= 4 is 17.4 Å². The lowest BCUT2D eigenvalue weighted by Crippen LogP contribution is -2.50. The molecule has 0 saturated carbocycles. The highest BCUT2D eigenvalue weighted by molar-refractivity contribution is 5.74. The summed E-state index contributed by atoms with van der Waals surface area (Å²) in [5, 5.41) is 12.2. The molecule has 0 bridgehead atoms. The zero-order chi connectivity index (χ0) is 18.2. The molecule has 2 N–H and O–H groups in total. The predicted molar refractivity (Wildman–Crippen MR) is 103 cm³/mol. The Morgan fingerprint density at radius 3 is 2.36 bits per heavy atom. The van der Waals surface area contributed by atoms with Crippen molar-refractivity contribution in [3.05, 3.63) is 24.3 Å². The Bertz CT molecular complexity index is 519. The van der Waals surface area contributed by atoms with Gasteiger partial charge in [0, 0.05) is 57.7 Å². The van der Waals surface area contributed by atoms with Crippen molar-refractivity contribution in [2.75, 3.05) is 56.7 Å². The van der Waals surface area contributed by atoms with Gasteiger partial charge in [-0.2, -0.15) is 0 Å². The first kappa shape index (κ1) is 19.4. The minimum absolute atomic E-state index is 0.00874. The molecule has 1 heterocycles. The Morgan fingerprint density at radius 1 is 1.20 bits per heavy atom. The van der Waals surface area contributed by atoms with E-state index in [9.17, 15) is 4.79 Å². The van der Waals surface area contributed by atoms with Crippen LogP contribution in [0.25, 0.3) is 0 Å². The number of aliphatic hydroxyl groups is 1. The second kappa shape index (κ2) is 9.51. The molecule has 1 aromatic rings. The third kappa shape index (κ3) is 5.53. The van der Waals surface area contributed by atoms with Crippen molar-refractivity contribution in [1.29, 1.82) is 0 Å². The van der Waals surface area contributed by atoms with Crippen LogP contribution < -0.4 is 15.1 Å². The standard InChI is InChI=1S/C19H32N4O2/c1-4-11-23(14-15-24)19(25)20-16-9-12-22(13-10-16)18-7-5-17(6-8-18)21(2)3/h5-8,16,24H,4,9-15H2,1-3H3,(H,20,25). The normalized spacial score (nSPS) is 15.1. The van der Waals surface area contributed by atoms with Crippen LogP contribution in [-0.4, -0.2) is 69.0 Å². The molecule has 1 aliphatic rings. The summed E-state index contributed by atoms with van der Waals surface area (Å²) in [5.74, 6) is 0. The molecule has 1 aliphatic heterocycles. The number of amides is 2. The van der Waals surface area contributed by atoms with E-state index < -0.39 is 0 Å². The van der Waals surface area contributed by atoms with E-state index in [2.05, 4.69) is 39.4 Å². The minimum atomic E-state index is -0.0512. The van der Waals surface area contributed by atoms with Crippen molar-refractivity contribution in [3.8, 4) is 0 Å². The Morgan fingerprint density at radius 2 is 1.84 bits per heavy atom. The van der Waals surface area contributed by atoms with Crippen molar-refractivity contribution in [2.45, 2.75) is 32.2 Å². The fraction of sp³-hybridized carbons (Fsp3) is 0.632. The van der Waals surface area contributed by atoms with Gasteiger partial charge in [0.15, 0.2) is 0 Å². The van der Waals surface area contributed by atoms with Gasteiger partial charge in [0.1, 0.15) is 0 Å². The number of aliphatic hydroxyl groups excluding tert-OH is 1. The Labute approximate surface area is 151 Å².